The molecule has 3 heterocycles. The van der Waals surface area contributed by atoms with Crippen molar-refractivity contribution in [2.75, 3.05) is 30.9 Å². The third-order valence-electron chi connectivity index (χ3n) is 7.05. The third-order valence-corrected chi connectivity index (χ3v) is 7.78. The zero-order chi connectivity index (χ0) is 23.5. The van der Waals surface area contributed by atoms with E-state index in [1.807, 2.05) is 6.07 Å². The minimum absolute atomic E-state index is 0.0101. The quantitative estimate of drug-likeness (QED) is 0.550. The lowest BCUT2D eigenvalue weighted by Gasteiger charge is -2.39. The number of benzene rings is 1. The van der Waals surface area contributed by atoms with E-state index in [9.17, 15) is 8.42 Å². The second-order valence-electron chi connectivity index (χ2n) is 9.48. The number of rotatable bonds is 7. The molecule has 1 saturated heterocycles. The molecule has 9 nitrogen and oxygen atoms in total. The number of nitrogens with one attached hydrogen (secondary N) is 1. The number of ether oxygens (including phenoxy) is 1. The summed E-state index contributed by atoms with van der Waals surface area (Å²) < 4.78 is 35.0. The molecule has 2 fully saturated rings. The van der Waals surface area contributed by atoms with Gasteiger partial charge in [0.25, 0.3) is 0 Å². The topological polar surface area (TPSA) is 102 Å². The minimum atomic E-state index is -3.31. The number of hydrogen-bond donors (Lipinski definition) is 1. The van der Waals surface area contributed by atoms with Crippen molar-refractivity contribution in [3.05, 3.63) is 54.5 Å². The van der Waals surface area contributed by atoms with Crippen LogP contribution in [0.4, 0.5) is 5.95 Å². The van der Waals surface area contributed by atoms with Gasteiger partial charge in [-0.3, -0.25) is 0 Å². The predicted molar refractivity (Wildman–Crippen MR) is 130 cm³/mol. The van der Waals surface area contributed by atoms with Gasteiger partial charge in [-0.15, -0.1) is 0 Å². The van der Waals surface area contributed by atoms with Crippen LogP contribution in [0.2, 0.25) is 0 Å². The molecular formula is C24H32N6O3S. The Morgan fingerprint density at radius 2 is 1.85 bits per heavy atom. The normalized spacial score (nSPS) is 26.1. The van der Waals surface area contributed by atoms with Crippen LogP contribution in [0.5, 0.6) is 0 Å². The first-order valence-corrected chi connectivity index (χ1v) is 13.9. The van der Waals surface area contributed by atoms with E-state index >= 15 is 0 Å². The summed E-state index contributed by atoms with van der Waals surface area (Å²) in [6.07, 6.45) is 9.66. The number of anilines is 1. The molecule has 34 heavy (non-hydrogen) atoms. The fourth-order valence-electron chi connectivity index (χ4n) is 5.32. The molecule has 10 heteroatoms. The minimum Gasteiger partial charge on any atom is -0.378 e. The summed E-state index contributed by atoms with van der Waals surface area (Å²) in [5.74, 6) is 1.33. The van der Waals surface area contributed by atoms with Gasteiger partial charge in [0.15, 0.2) is 5.65 Å². The smallest absolute Gasteiger partial charge is 0.228 e. The van der Waals surface area contributed by atoms with E-state index in [-0.39, 0.29) is 18.1 Å². The predicted octanol–water partition coefficient (Wildman–Crippen LogP) is 2.61. The van der Waals surface area contributed by atoms with Crippen molar-refractivity contribution >= 4 is 21.6 Å². The maximum Gasteiger partial charge on any atom is 0.228 e. The number of aromatic nitrogens is 4. The summed E-state index contributed by atoms with van der Waals surface area (Å²) in [4.78, 5) is 10.9. The first-order chi connectivity index (χ1) is 16.5. The molecule has 0 radical (unpaired) electrons. The molecule has 3 aromatic rings. The van der Waals surface area contributed by atoms with Gasteiger partial charge < -0.3 is 9.64 Å². The molecule has 0 amide bonds. The SMILES string of the molecule is CS(=O)(=O)N[C@H]1CCN(c2nccc3ncnn23)C[C@H]1COC1CCC(c2ccccc2)CC1. The molecule has 0 unspecified atom stereocenters. The molecule has 2 aliphatic rings. The largest absolute Gasteiger partial charge is 0.378 e. The molecule has 182 valence electrons. The van der Waals surface area contributed by atoms with Crippen molar-refractivity contribution in [2.24, 2.45) is 5.92 Å². The van der Waals surface area contributed by atoms with Crippen LogP contribution in [-0.2, 0) is 14.8 Å². The van der Waals surface area contributed by atoms with Crippen LogP contribution in [0.25, 0.3) is 5.65 Å². The van der Waals surface area contributed by atoms with Crippen LogP contribution in [0.3, 0.4) is 0 Å². The Hall–Kier alpha value is -2.56. The van der Waals surface area contributed by atoms with Crippen molar-refractivity contribution < 1.29 is 13.2 Å². The maximum atomic E-state index is 12.0. The number of piperidine rings is 1. The van der Waals surface area contributed by atoms with Crippen molar-refractivity contribution in [3.63, 3.8) is 0 Å². The van der Waals surface area contributed by atoms with Gasteiger partial charge in [0.05, 0.1) is 19.0 Å². The van der Waals surface area contributed by atoms with E-state index in [1.54, 1.807) is 10.7 Å². The highest BCUT2D eigenvalue weighted by Gasteiger charge is 2.34. The number of nitrogens with zero attached hydrogens (tertiary/aromatic N) is 5. The van der Waals surface area contributed by atoms with E-state index in [2.05, 4.69) is 55.0 Å². The molecule has 5 rings (SSSR count). The van der Waals surface area contributed by atoms with E-state index in [0.29, 0.717) is 32.0 Å². The molecule has 1 N–H and O–H groups in total. The molecular weight excluding hydrogens is 452 g/mol. The van der Waals surface area contributed by atoms with Crippen LogP contribution in [0.1, 0.15) is 43.6 Å². The lowest BCUT2D eigenvalue weighted by atomic mass is 9.82. The Morgan fingerprint density at radius 3 is 2.62 bits per heavy atom. The fourth-order valence-corrected chi connectivity index (χ4v) is 6.18. The van der Waals surface area contributed by atoms with Gasteiger partial charge in [-0.25, -0.2) is 23.1 Å². The molecule has 1 aliphatic heterocycles. The average Bonchev–Trinajstić information content (AvgIpc) is 3.33. The Bertz CT molecular complexity index is 1190. The third kappa shape index (κ3) is 5.39. The number of fused-ring (bicyclic) bond motifs is 1. The van der Waals surface area contributed by atoms with Crippen molar-refractivity contribution in [1.82, 2.24) is 24.3 Å². The van der Waals surface area contributed by atoms with Crippen LogP contribution in [0, 0.1) is 5.92 Å². The van der Waals surface area contributed by atoms with E-state index in [1.165, 1.54) is 18.1 Å². The van der Waals surface area contributed by atoms with Crippen molar-refractivity contribution in [1.29, 1.82) is 0 Å². The van der Waals surface area contributed by atoms with Gasteiger partial charge in [-0.1, -0.05) is 30.3 Å². The summed E-state index contributed by atoms with van der Waals surface area (Å²) >= 11 is 0. The van der Waals surface area contributed by atoms with Crippen LogP contribution in [-0.4, -0.2) is 66.1 Å². The standard InChI is InChI=1S/C24H32N6O3S/c1-34(31,32)28-22-12-14-29(24-25-13-11-23-26-17-27-30(23)24)15-20(22)16-33-21-9-7-19(8-10-21)18-5-3-2-4-6-18/h2-6,11,13,17,19-22,28H,7-10,12,14-16H2,1H3/t19?,20-,21?,22-/m0/s1. The summed E-state index contributed by atoms with van der Waals surface area (Å²) in [5.41, 5.74) is 2.15. The molecule has 2 atom stereocenters. The van der Waals surface area contributed by atoms with Gasteiger partial charge in [0.2, 0.25) is 16.0 Å². The van der Waals surface area contributed by atoms with Gasteiger partial charge in [-0.05, 0) is 43.6 Å². The van der Waals surface area contributed by atoms with Gasteiger partial charge in [0, 0.05) is 37.3 Å². The first-order valence-electron chi connectivity index (χ1n) is 12.0. The van der Waals surface area contributed by atoms with Crippen molar-refractivity contribution in [2.45, 2.75) is 50.2 Å². The summed E-state index contributed by atoms with van der Waals surface area (Å²) in [5, 5.41) is 4.31. The molecule has 0 spiro atoms. The average molecular weight is 485 g/mol. The summed E-state index contributed by atoms with van der Waals surface area (Å²) in [6.45, 7) is 1.83. The Kier molecular flexibility index (Phi) is 6.80. The van der Waals surface area contributed by atoms with Crippen LogP contribution < -0.4 is 9.62 Å². The van der Waals surface area contributed by atoms with Gasteiger partial charge in [-0.2, -0.15) is 9.61 Å². The Labute approximate surface area is 200 Å². The summed E-state index contributed by atoms with van der Waals surface area (Å²) in [7, 11) is -3.31. The zero-order valence-electron chi connectivity index (χ0n) is 19.5. The highest BCUT2D eigenvalue weighted by Crippen LogP contribution is 2.34. The lowest BCUT2D eigenvalue weighted by molar-refractivity contribution is -0.00219. The van der Waals surface area contributed by atoms with Crippen LogP contribution >= 0.6 is 0 Å². The van der Waals surface area contributed by atoms with E-state index < -0.39 is 10.0 Å². The van der Waals surface area contributed by atoms with Gasteiger partial charge in [0.1, 0.15) is 6.33 Å². The molecule has 0 bridgehead atoms. The fraction of sp³-hybridized carbons (Fsp3) is 0.542. The van der Waals surface area contributed by atoms with E-state index in [0.717, 1.165) is 37.3 Å². The first kappa shape index (κ1) is 23.2. The molecule has 1 aromatic carbocycles. The number of sulfonamides is 1. The maximum absolute atomic E-state index is 12.0. The van der Waals surface area contributed by atoms with E-state index in [4.69, 9.17) is 4.74 Å². The molecule has 2 aromatic heterocycles. The summed E-state index contributed by atoms with van der Waals surface area (Å²) in [6, 6.07) is 12.4. The Balaban J connectivity index is 1.24. The highest BCUT2D eigenvalue weighted by molar-refractivity contribution is 7.88. The monoisotopic (exact) mass is 484 g/mol. The molecule has 1 saturated carbocycles. The second-order valence-corrected chi connectivity index (χ2v) is 11.3. The highest BCUT2D eigenvalue weighted by atomic mass is 32.2. The lowest BCUT2D eigenvalue weighted by Crippen LogP contribution is -2.53. The zero-order valence-corrected chi connectivity index (χ0v) is 20.3. The molecule has 1 aliphatic carbocycles. The number of hydrogen-bond acceptors (Lipinski definition) is 7. The Morgan fingerprint density at radius 1 is 1.06 bits per heavy atom. The second kappa shape index (κ2) is 9.97. The van der Waals surface area contributed by atoms with Crippen molar-refractivity contribution in [3.8, 4) is 0 Å². The van der Waals surface area contributed by atoms with Crippen LogP contribution in [0.15, 0.2) is 48.9 Å². The van der Waals surface area contributed by atoms with Gasteiger partial charge >= 0.3 is 0 Å².